The number of nitrogens with zero attached hydrogens (tertiary/aromatic N) is 3. The maximum Gasteiger partial charge on any atom is 0.266 e. The molecule has 1 atom stereocenters. The van der Waals surface area contributed by atoms with Crippen molar-refractivity contribution in [3.8, 4) is 6.07 Å². The zero-order valence-corrected chi connectivity index (χ0v) is 15.7. The van der Waals surface area contributed by atoms with Crippen molar-refractivity contribution in [3.63, 3.8) is 0 Å². The average molecular weight is 375 g/mol. The molecule has 0 radical (unpaired) electrons. The van der Waals surface area contributed by atoms with Crippen LogP contribution >= 0.6 is 0 Å². The number of fused-ring (bicyclic) bond motifs is 1. The summed E-state index contributed by atoms with van der Waals surface area (Å²) in [6, 6.07) is 11.2. The Bertz CT molecular complexity index is 1100. The number of pyridine rings is 1. The quantitative estimate of drug-likeness (QED) is 0.734. The van der Waals surface area contributed by atoms with Gasteiger partial charge in [0, 0.05) is 25.2 Å². The van der Waals surface area contributed by atoms with Gasteiger partial charge in [-0.15, -0.1) is 0 Å². The van der Waals surface area contributed by atoms with Crippen molar-refractivity contribution in [2.24, 2.45) is 5.92 Å². The van der Waals surface area contributed by atoms with Crippen LogP contribution in [0, 0.1) is 24.2 Å². The second kappa shape index (κ2) is 7.31. The lowest BCUT2D eigenvalue weighted by Crippen LogP contribution is -2.41. The van der Waals surface area contributed by atoms with E-state index in [1.54, 1.807) is 6.92 Å². The van der Waals surface area contributed by atoms with Crippen LogP contribution in [-0.4, -0.2) is 38.8 Å². The number of piperidine rings is 1. The predicted octanol–water partition coefficient (Wildman–Crippen LogP) is 2.53. The molecule has 3 aromatic rings. The van der Waals surface area contributed by atoms with E-state index in [4.69, 9.17) is 5.26 Å². The smallest absolute Gasteiger partial charge is 0.266 e. The van der Waals surface area contributed by atoms with Crippen LogP contribution in [0.3, 0.4) is 0 Å². The van der Waals surface area contributed by atoms with Crippen molar-refractivity contribution in [1.82, 2.24) is 19.9 Å². The Morgan fingerprint density at radius 3 is 2.96 bits per heavy atom. The van der Waals surface area contributed by atoms with Crippen LogP contribution in [0.15, 0.2) is 35.1 Å². The van der Waals surface area contributed by atoms with Crippen LogP contribution in [0.1, 0.15) is 40.3 Å². The van der Waals surface area contributed by atoms with Gasteiger partial charge < -0.3 is 14.9 Å². The Morgan fingerprint density at radius 2 is 2.18 bits per heavy atom. The van der Waals surface area contributed by atoms with E-state index in [0.717, 1.165) is 36.1 Å². The van der Waals surface area contributed by atoms with Gasteiger partial charge in [0.2, 0.25) is 0 Å². The number of imidazole rings is 1. The van der Waals surface area contributed by atoms with Gasteiger partial charge in [0.1, 0.15) is 17.5 Å². The third kappa shape index (κ3) is 3.41. The largest absolute Gasteiger partial charge is 0.342 e. The van der Waals surface area contributed by atoms with Gasteiger partial charge in [-0.05, 0) is 43.9 Å². The summed E-state index contributed by atoms with van der Waals surface area (Å²) in [6.45, 7) is 3.00. The maximum atomic E-state index is 13.0. The van der Waals surface area contributed by atoms with Crippen molar-refractivity contribution < 1.29 is 4.79 Å². The van der Waals surface area contributed by atoms with Crippen molar-refractivity contribution in [1.29, 1.82) is 5.26 Å². The van der Waals surface area contributed by atoms with E-state index in [1.807, 2.05) is 35.2 Å². The highest BCUT2D eigenvalue weighted by Crippen LogP contribution is 2.23. The minimum Gasteiger partial charge on any atom is -0.342 e. The molecule has 0 unspecified atom stereocenters. The van der Waals surface area contributed by atoms with Crippen molar-refractivity contribution in [2.45, 2.75) is 26.2 Å². The number of hydrogen-bond acceptors (Lipinski definition) is 4. The zero-order chi connectivity index (χ0) is 19.7. The lowest BCUT2D eigenvalue weighted by Gasteiger charge is -2.32. The SMILES string of the molecule is Cc1[nH]c(=O)c(C#N)cc1C(=O)N1CCC[C@H](Cc2nc3ccccc3[nH]2)C1. The summed E-state index contributed by atoms with van der Waals surface area (Å²) >= 11 is 0. The van der Waals surface area contributed by atoms with E-state index in [-0.39, 0.29) is 11.5 Å². The van der Waals surface area contributed by atoms with Gasteiger partial charge in [0.05, 0.1) is 16.6 Å². The predicted molar refractivity (Wildman–Crippen MR) is 105 cm³/mol. The number of benzene rings is 1. The molecule has 0 spiro atoms. The molecule has 1 aliphatic heterocycles. The number of H-pyrrole nitrogens is 2. The molecule has 1 aliphatic rings. The first-order chi connectivity index (χ1) is 13.5. The number of hydrogen-bond donors (Lipinski definition) is 2. The Morgan fingerprint density at radius 1 is 1.36 bits per heavy atom. The topological polar surface area (TPSA) is 106 Å². The van der Waals surface area contributed by atoms with Crippen LogP contribution in [0.2, 0.25) is 0 Å². The fraction of sp³-hybridized carbons (Fsp3) is 0.333. The number of aryl methyl sites for hydroxylation is 1. The van der Waals surface area contributed by atoms with Crippen LogP contribution in [0.4, 0.5) is 0 Å². The summed E-state index contributed by atoms with van der Waals surface area (Å²) in [5.41, 5.74) is 2.36. The normalized spacial score (nSPS) is 16.9. The number of amides is 1. The maximum absolute atomic E-state index is 13.0. The van der Waals surface area contributed by atoms with Crippen molar-refractivity contribution in [2.75, 3.05) is 13.1 Å². The van der Waals surface area contributed by atoms with Crippen molar-refractivity contribution in [3.05, 3.63) is 63.3 Å². The number of carbonyl (C=O) groups excluding carboxylic acids is 1. The van der Waals surface area contributed by atoms with Gasteiger partial charge in [-0.25, -0.2) is 4.98 Å². The lowest BCUT2D eigenvalue weighted by molar-refractivity contribution is 0.0671. The molecule has 142 valence electrons. The van der Waals surface area contributed by atoms with E-state index in [2.05, 4.69) is 15.0 Å². The van der Waals surface area contributed by atoms with Gasteiger partial charge in [-0.3, -0.25) is 9.59 Å². The number of aromatic nitrogens is 3. The molecule has 2 aromatic heterocycles. The molecule has 7 heteroatoms. The molecule has 2 N–H and O–H groups in total. The number of nitrogens with one attached hydrogen (secondary N) is 2. The molecule has 4 rings (SSSR count). The summed E-state index contributed by atoms with van der Waals surface area (Å²) in [7, 11) is 0. The van der Waals surface area contributed by atoms with Crippen LogP contribution in [-0.2, 0) is 6.42 Å². The zero-order valence-electron chi connectivity index (χ0n) is 15.7. The number of likely N-dealkylation sites (tertiary alicyclic amines) is 1. The highest BCUT2D eigenvalue weighted by Gasteiger charge is 2.27. The first-order valence-electron chi connectivity index (χ1n) is 9.42. The van der Waals surface area contributed by atoms with E-state index < -0.39 is 5.56 Å². The highest BCUT2D eigenvalue weighted by molar-refractivity contribution is 5.95. The summed E-state index contributed by atoms with van der Waals surface area (Å²) in [5, 5.41) is 9.09. The standard InChI is InChI=1S/C21H21N5O2/c1-13-16(10-15(11-22)20(27)23-13)21(28)26-8-4-5-14(12-26)9-19-24-17-6-2-3-7-18(17)25-19/h2-3,6-7,10,14H,4-5,8-9,12H2,1H3,(H,23,27)(H,24,25)/t14-/m1/s1. The molecule has 3 heterocycles. The number of aromatic amines is 2. The Labute approximate surface area is 162 Å². The molecule has 1 fully saturated rings. The van der Waals surface area contributed by atoms with Gasteiger partial charge >= 0.3 is 0 Å². The fourth-order valence-electron chi connectivity index (χ4n) is 3.89. The minimum atomic E-state index is -0.460. The Balaban J connectivity index is 1.51. The molecule has 0 bridgehead atoms. The summed E-state index contributed by atoms with van der Waals surface area (Å²) < 4.78 is 0. The average Bonchev–Trinajstić information content (AvgIpc) is 3.10. The lowest BCUT2D eigenvalue weighted by atomic mass is 9.94. The monoisotopic (exact) mass is 375 g/mol. The van der Waals surface area contributed by atoms with Gasteiger partial charge in [-0.1, -0.05) is 12.1 Å². The molecular weight excluding hydrogens is 354 g/mol. The second-order valence-corrected chi connectivity index (χ2v) is 7.33. The van der Waals surface area contributed by atoms with Crippen LogP contribution < -0.4 is 5.56 Å². The van der Waals surface area contributed by atoms with Gasteiger partial charge in [0.15, 0.2) is 0 Å². The summed E-state index contributed by atoms with van der Waals surface area (Å²) in [4.78, 5) is 37.2. The first-order valence-corrected chi connectivity index (χ1v) is 9.42. The van der Waals surface area contributed by atoms with Crippen molar-refractivity contribution >= 4 is 16.9 Å². The Hall–Kier alpha value is -3.40. The first kappa shape index (κ1) is 18.0. The van der Waals surface area contributed by atoms with E-state index in [0.29, 0.717) is 30.3 Å². The fourth-order valence-corrected chi connectivity index (χ4v) is 3.89. The molecule has 0 saturated carbocycles. The van der Waals surface area contributed by atoms with Gasteiger partial charge in [0.25, 0.3) is 11.5 Å². The number of carbonyl (C=O) groups is 1. The molecular formula is C21H21N5O2. The third-order valence-electron chi connectivity index (χ3n) is 5.32. The minimum absolute atomic E-state index is 0.0372. The van der Waals surface area contributed by atoms with Gasteiger partial charge in [-0.2, -0.15) is 5.26 Å². The summed E-state index contributed by atoms with van der Waals surface area (Å²) in [6.07, 6.45) is 2.74. The summed E-state index contributed by atoms with van der Waals surface area (Å²) in [5.74, 6) is 1.11. The molecule has 1 aromatic carbocycles. The number of para-hydroxylation sites is 2. The molecule has 28 heavy (non-hydrogen) atoms. The van der Waals surface area contributed by atoms with E-state index >= 15 is 0 Å². The van der Waals surface area contributed by atoms with E-state index in [1.165, 1.54) is 6.07 Å². The van der Waals surface area contributed by atoms with Crippen LogP contribution in [0.5, 0.6) is 0 Å². The second-order valence-electron chi connectivity index (χ2n) is 7.33. The molecule has 1 saturated heterocycles. The number of rotatable bonds is 3. The third-order valence-corrected chi connectivity index (χ3v) is 5.32. The Kier molecular flexibility index (Phi) is 4.70. The number of nitriles is 1. The van der Waals surface area contributed by atoms with E-state index in [9.17, 15) is 9.59 Å². The molecule has 7 nitrogen and oxygen atoms in total. The van der Waals surface area contributed by atoms with Crippen LogP contribution in [0.25, 0.3) is 11.0 Å². The molecule has 1 amide bonds. The molecule has 0 aliphatic carbocycles. The highest BCUT2D eigenvalue weighted by atomic mass is 16.2.